The van der Waals surface area contributed by atoms with Gasteiger partial charge in [-0.1, -0.05) is 6.58 Å². The second kappa shape index (κ2) is 4.66. The third-order valence-electron chi connectivity index (χ3n) is 5.40. The van der Waals surface area contributed by atoms with Crippen LogP contribution in [0.5, 0.6) is 0 Å². The molecule has 3 fully saturated rings. The first-order valence-corrected chi connectivity index (χ1v) is 7.13. The zero-order valence-corrected chi connectivity index (χ0v) is 11.0. The Morgan fingerprint density at radius 3 is 2.58 bits per heavy atom. The number of fused-ring (bicyclic) bond motifs is 5. The summed E-state index contributed by atoms with van der Waals surface area (Å²) in [6, 6.07) is 0. The van der Waals surface area contributed by atoms with Crippen LogP contribution < -0.4 is 0 Å². The number of aliphatic carboxylic acids is 1. The first-order chi connectivity index (χ1) is 9.08. The van der Waals surface area contributed by atoms with Crippen molar-refractivity contribution in [2.75, 3.05) is 0 Å². The van der Waals surface area contributed by atoms with Crippen LogP contribution in [0.3, 0.4) is 0 Å². The Bertz CT molecular complexity index is 416. The summed E-state index contributed by atoms with van der Waals surface area (Å²) >= 11 is 0. The fourth-order valence-corrected chi connectivity index (χ4v) is 4.87. The molecule has 3 aliphatic carbocycles. The topological polar surface area (TPSA) is 63.6 Å². The zero-order chi connectivity index (χ0) is 13.6. The minimum Gasteiger partial charge on any atom is -0.481 e. The highest BCUT2D eigenvalue weighted by Crippen LogP contribution is 2.61. The Morgan fingerprint density at radius 2 is 1.89 bits per heavy atom. The molecule has 0 aromatic heterocycles. The number of hydrogen-bond acceptors (Lipinski definition) is 3. The van der Waals surface area contributed by atoms with E-state index in [1.54, 1.807) is 0 Å². The lowest BCUT2D eigenvalue weighted by atomic mass is 9.80. The maximum Gasteiger partial charge on any atom is 0.330 e. The van der Waals surface area contributed by atoms with Gasteiger partial charge < -0.3 is 9.84 Å². The van der Waals surface area contributed by atoms with Gasteiger partial charge in [-0.05, 0) is 55.3 Å². The van der Waals surface area contributed by atoms with Crippen LogP contribution in [0.15, 0.2) is 12.7 Å². The first-order valence-electron chi connectivity index (χ1n) is 7.13. The third kappa shape index (κ3) is 2.17. The minimum atomic E-state index is -0.688. The molecule has 0 radical (unpaired) electrons. The van der Waals surface area contributed by atoms with Crippen LogP contribution in [0.25, 0.3) is 0 Å². The van der Waals surface area contributed by atoms with Crippen molar-refractivity contribution in [1.82, 2.24) is 0 Å². The summed E-state index contributed by atoms with van der Waals surface area (Å²) in [6.45, 7) is 3.44. The van der Waals surface area contributed by atoms with Crippen molar-refractivity contribution in [3.63, 3.8) is 0 Å². The summed E-state index contributed by atoms with van der Waals surface area (Å²) in [6.07, 6.45) is 5.74. The van der Waals surface area contributed by atoms with Gasteiger partial charge >= 0.3 is 11.9 Å². The zero-order valence-electron chi connectivity index (χ0n) is 11.0. The summed E-state index contributed by atoms with van der Waals surface area (Å²) in [5.74, 6) is 1.65. The lowest BCUT2D eigenvalue weighted by molar-refractivity contribution is -0.147. The van der Waals surface area contributed by atoms with E-state index in [2.05, 4.69) is 6.58 Å². The summed E-state index contributed by atoms with van der Waals surface area (Å²) in [7, 11) is 0. The molecule has 0 aliphatic heterocycles. The van der Waals surface area contributed by atoms with Gasteiger partial charge in [0.1, 0.15) is 6.10 Å². The van der Waals surface area contributed by atoms with Gasteiger partial charge in [-0.25, -0.2) is 4.79 Å². The van der Waals surface area contributed by atoms with Crippen molar-refractivity contribution in [2.45, 2.75) is 38.2 Å². The molecule has 19 heavy (non-hydrogen) atoms. The molecule has 3 rings (SSSR count). The highest BCUT2D eigenvalue weighted by molar-refractivity contribution is 5.81. The number of carbonyl (C=O) groups is 2. The van der Waals surface area contributed by atoms with Crippen molar-refractivity contribution in [3.8, 4) is 0 Å². The number of esters is 1. The third-order valence-corrected chi connectivity index (χ3v) is 5.40. The van der Waals surface area contributed by atoms with E-state index in [0.717, 1.165) is 25.7 Å². The maximum atomic E-state index is 11.3. The standard InChI is InChI=1S/C15H20O4/c1-2-15(18)19-13-7-9-6-12(13)11-4-8(3-10(9)11)5-14(16)17/h2,8-13H,1,3-7H2,(H,16,17). The smallest absolute Gasteiger partial charge is 0.330 e. The van der Waals surface area contributed by atoms with Crippen LogP contribution in [-0.2, 0) is 14.3 Å². The molecule has 6 atom stereocenters. The van der Waals surface area contributed by atoms with Crippen molar-refractivity contribution < 1.29 is 19.4 Å². The SMILES string of the molecule is C=CC(=O)OC1CC2CC1C1CC(CC(=O)O)CC21. The van der Waals surface area contributed by atoms with Crippen LogP contribution >= 0.6 is 0 Å². The number of hydrogen-bond donors (Lipinski definition) is 1. The fourth-order valence-electron chi connectivity index (χ4n) is 4.87. The van der Waals surface area contributed by atoms with Crippen molar-refractivity contribution in [3.05, 3.63) is 12.7 Å². The number of rotatable bonds is 4. The minimum absolute atomic E-state index is 0.0420. The fraction of sp³-hybridized carbons (Fsp3) is 0.733. The molecule has 0 aromatic carbocycles. The Morgan fingerprint density at radius 1 is 1.16 bits per heavy atom. The average Bonchev–Trinajstić information content (AvgIpc) is 2.98. The Kier molecular flexibility index (Phi) is 3.11. The molecule has 104 valence electrons. The van der Waals surface area contributed by atoms with Gasteiger partial charge in [-0.15, -0.1) is 0 Å². The highest BCUT2D eigenvalue weighted by atomic mass is 16.5. The summed E-state index contributed by atoms with van der Waals surface area (Å²) in [5, 5.41) is 8.91. The molecule has 0 heterocycles. The summed E-state index contributed by atoms with van der Waals surface area (Å²) in [5.41, 5.74) is 0. The van der Waals surface area contributed by atoms with Gasteiger partial charge in [0.15, 0.2) is 0 Å². The Balaban J connectivity index is 1.64. The molecule has 0 aromatic rings. The van der Waals surface area contributed by atoms with E-state index in [9.17, 15) is 9.59 Å². The molecular weight excluding hydrogens is 244 g/mol. The average molecular weight is 264 g/mol. The molecular formula is C15H20O4. The molecule has 0 spiro atoms. The van der Waals surface area contributed by atoms with Crippen molar-refractivity contribution in [2.24, 2.45) is 29.6 Å². The monoisotopic (exact) mass is 264 g/mol. The second-order valence-corrected chi connectivity index (χ2v) is 6.34. The van der Waals surface area contributed by atoms with Gasteiger partial charge in [0.25, 0.3) is 0 Å². The van der Waals surface area contributed by atoms with Gasteiger partial charge in [-0.3, -0.25) is 4.79 Å². The van der Waals surface area contributed by atoms with E-state index < -0.39 is 5.97 Å². The normalized spacial score (nSPS) is 42.9. The van der Waals surface area contributed by atoms with Gasteiger partial charge in [0.2, 0.25) is 0 Å². The van der Waals surface area contributed by atoms with Crippen LogP contribution in [0.1, 0.15) is 32.1 Å². The van der Waals surface area contributed by atoms with Gasteiger partial charge in [0, 0.05) is 12.5 Å². The lowest BCUT2D eigenvalue weighted by Crippen LogP contribution is -2.31. The molecule has 3 aliphatic rings. The molecule has 1 N–H and O–H groups in total. The number of carboxylic acids is 1. The van der Waals surface area contributed by atoms with Crippen LogP contribution in [0.2, 0.25) is 0 Å². The van der Waals surface area contributed by atoms with Gasteiger partial charge in [-0.2, -0.15) is 0 Å². The molecule has 2 bridgehead atoms. The Hall–Kier alpha value is -1.32. The number of ether oxygens (including phenoxy) is 1. The van der Waals surface area contributed by atoms with Crippen LogP contribution in [0, 0.1) is 29.6 Å². The van der Waals surface area contributed by atoms with Crippen LogP contribution in [-0.4, -0.2) is 23.1 Å². The number of carbonyl (C=O) groups excluding carboxylic acids is 1. The van der Waals surface area contributed by atoms with E-state index in [4.69, 9.17) is 9.84 Å². The summed E-state index contributed by atoms with van der Waals surface area (Å²) in [4.78, 5) is 22.1. The molecule has 4 nitrogen and oxygen atoms in total. The van der Waals surface area contributed by atoms with Crippen molar-refractivity contribution in [1.29, 1.82) is 0 Å². The largest absolute Gasteiger partial charge is 0.481 e. The molecule has 0 saturated heterocycles. The van der Waals surface area contributed by atoms with E-state index in [0.29, 0.717) is 36.0 Å². The quantitative estimate of drug-likeness (QED) is 0.625. The molecule has 0 amide bonds. The number of carboxylic acid groups (broad SMARTS) is 1. The Labute approximate surface area is 112 Å². The lowest BCUT2D eigenvalue weighted by Gasteiger charge is -2.30. The molecule has 4 heteroatoms. The first kappa shape index (κ1) is 12.7. The second-order valence-electron chi connectivity index (χ2n) is 6.34. The molecule has 3 saturated carbocycles. The van der Waals surface area contributed by atoms with Gasteiger partial charge in [0.05, 0.1) is 0 Å². The maximum absolute atomic E-state index is 11.3. The highest BCUT2D eigenvalue weighted by Gasteiger charge is 2.57. The van der Waals surface area contributed by atoms with E-state index >= 15 is 0 Å². The predicted octanol–water partition coefficient (Wildman–Crippen LogP) is 2.24. The van der Waals surface area contributed by atoms with Crippen molar-refractivity contribution >= 4 is 11.9 Å². The van der Waals surface area contributed by atoms with E-state index in [-0.39, 0.29) is 12.1 Å². The predicted molar refractivity (Wildman–Crippen MR) is 68.2 cm³/mol. The molecule has 6 unspecified atom stereocenters. The summed E-state index contributed by atoms with van der Waals surface area (Å²) < 4.78 is 5.45. The van der Waals surface area contributed by atoms with Crippen LogP contribution in [0.4, 0.5) is 0 Å². The van der Waals surface area contributed by atoms with E-state index in [1.807, 2.05) is 0 Å². The van der Waals surface area contributed by atoms with E-state index in [1.165, 1.54) is 6.08 Å².